The summed E-state index contributed by atoms with van der Waals surface area (Å²) < 4.78 is 39.3. The molecule has 5 nitrogen and oxygen atoms in total. The zero-order chi connectivity index (χ0) is 17.2. The molecule has 0 radical (unpaired) electrons. The number of rotatable bonds is 4. The molecule has 2 rings (SSSR count). The van der Waals surface area contributed by atoms with Gasteiger partial charge in [-0.1, -0.05) is 25.6 Å². The molecule has 126 valence electrons. The van der Waals surface area contributed by atoms with Crippen LogP contribution in [0.2, 0.25) is 0 Å². The van der Waals surface area contributed by atoms with Crippen molar-refractivity contribution in [2.24, 2.45) is 10.9 Å². The fourth-order valence-corrected chi connectivity index (χ4v) is 3.22. The van der Waals surface area contributed by atoms with Crippen LogP contribution in [0.25, 0.3) is 0 Å². The predicted octanol–water partition coefficient (Wildman–Crippen LogP) is 4.54. The van der Waals surface area contributed by atoms with Crippen LogP contribution < -0.4 is 5.32 Å². The molecule has 0 saturated heterocycles. The number of nitro benzene ring substituents is 1. The normalized spacial score (nSPS) is 18.2. The molecule has 23 heavy (non-hydrogen) atoms. The first kappa shape index (κ1) is 17.6. The number of thioether (sulfide) groups is 1. The number of amidine groups is 1. The van der Waals surface area contributed by atoms with Crippen LogP contribution >= 0.6 is 11.8 Å². The topological polar surface area (TPSA) is 67.5 Å². The van der Waals surface area contributed by atoms with Gasteiger partial charge in [-0.3, -0.25) is 15.1 Å². The molecule has 1 aromatic carbocycles. The molecule has 1 aromatic rings. The molecule has 0 amide bonds. The van der Waals surface area contributed by atoms with Gasteiger partial charge in [0, 0.05) is 17.9 Å². The van der Waals surface area contributed by atoms with E-state index in [0.29, 0.717) is 17.2 Å². The van der Waals surface area contributed by atoms with Crippen molar-refractivity contribution in [3.63, 3.8) is 0 Å². The van der Waals surface area contributed by atoms with E-state index in [1.165, 1.54) is 11.8 Å². The molecule has 9 heteroatoms. The molecule has 0 fully saturated rings. The zero-order valence-corrected chi connectivity index (χ0v) is 13.4. The standard InChI is InChI=1S/C14H16F3N3O2S/c1-8(2)5-9-7-23-13(18-9)19-12-4-3-10(20(21)22)6-11(12)14(15,16)17/h3-4,6,8-9H,5,7H2,1-2H3,(H,18,19). The third-order valence-corrected chi connectivity index (χ3v) is 4.25. The molecule has 0 bridgehead atoms. The molecule has 0 spiro atoms. The van der Waals surface area contributed by atoms with Crippen molar-refractivity contribution in [1.82, 2.24) is 0 Å². The van der Waals surface area contributed by atoms with Crippen molar-refractivity contribution in [1.29, 1.82) is 0 Å². The molecule has 1 aliphatic heterocycles. The number of alkyl halides is 3. The maximum Gasteiger partial charge on any atom is 0.418 e. The second kappa shape index (κ2) is 6.77. The summed E-state index contributed by atoms with van der Waals surface area (Å²) in [6.07, 6.45) is -3.82. The Labute approximate surface area is 135 Å². The van der Waals surface area contributed by atoms with E-state index in [1.54, 1.807) is 0 Å². The maximum atomic E-state index is 13.1. The van der Waals surface area contributed by atoms with Gasteiger partial charge in [0.05, 0.1) is 22.2 Å². The van der Waals surface area contributed by atoms with E-state index in [9.17, 15) is 23.3 Å². The summed E-state index contributed by atoms with van der Waals surface area (Å²) in [7, 11) is 0. The van der Waals surface area contributed by atoms with Crippen molar-refractivity contribution < 1.29 is 18.1 Å². The number of halogens is 3. The van der Waals surface area contributed by atoms with Gasteiger partial charge in [-0.15, -0.1) is 0 Å². The van der Waals surface area contributed by atoms with Crippen LogP contribution in [0, 0.1) is 16.0 Å². The minimum absolute atomic E-state index is 0.0786. The first-order chi connectivity index (χ1) is 10.7. The summed E-state index contributed by atoms with van der Waals surface area (Å²) in [5.74, 6) is 1.17. The second-order valence-electron chi connectivity index (χ2n) is 5.64. The van der Waals surface area contributed by atoms with E-state index in [0.717, 1.165) is 24.3 Å². The Hall–Kier alpha value is -1.77. The SMILES string of the molecule is CC(C)CC1CSC(Nc2ccc([N+](=O)[O-])cc2C(F)(F)F)=N1. The zero-order valence-electron chi connectivity index (χ0n) is 12.6. The van der Waals surface area contributed by atoms with E-state index in [-0.39, 0.29) is 11.7 Å². The van der Waals surface area contributed by atoms with Crippen molar-refractivity contribution in [3.8, 4) is 0 Å². The number of anilines is 1. The average molecular weight is 347 g/mol. The van der Waals surface area contributed by atoms with Crippen LogP contribution in [0.4, 0.5) is 24.5 Å². The van der Waals surface area contributed by atoms with E-state index in [4.69, 9.17) is 0 Å². The lowest BCUT2D eigenvalue weighted by Gasteiger charge is -2.13. The number of nitro groups is 1. The Morgan fingerprint density at radius 3 is 2.74 bits per heavy atom. The number of benzene rings is 1. The monoisotopic (exact) mass is 347 g/mol. The number of nitrogens with zero attached hydrogens (tertiary/aromatic N) is 2. The molecular weight excluding hydrogens is 331 g/mol. The van der Waals surface area contributed by atoms with Crippen LogP contribution in [-0.2, 0) is 6.18 Å². The van der Waals surface area contributed by atoms with Gasteiger partial charge in [-0.25, -0.2) is 0 Å². The molecule has 1 heterocycles. The average Bonchev–Trinajstić information content (AvgIpc) is 2.84. The minimum atomic E-state index is -4.69. The molecule has 1 atom stereocenters. The van der Waals surface area contributed by atoms with Crippen LogP contribution in [0.5, 0.6) is 0 Å². The fourth-order valence-electron chi connectivity index (χ4n) is 2.25. The summed E-state index contributed by atoms with van der Waals surface area (Å²) in [6, 6.07) is 2.73. The highest BCUT2D eigenvalue weighted by molar-refractivity contribution is 8.14. The predicted molar refractivity (Wildman–Crippen MR) is 84.9 cm³/mol. The first-order valence-corrected chi connectivity index (χ1v) is 7.98. The van der Waals surface area contributed by atoms with E-state index in [2.05, 4.69) is 24.2 Å². The van der Waals surface area contributed by atoms with Gasteiger partial charge < -0.3 is 5.32 Å². The number of nitrogens with one attached hydrogen (secondary N) is 1. The Kier molecular flexibility index (Phi) is 5.18. The third kappa shape index (κ3) is 4.60. The smallest absolute Gasteiger partial charge is 0.334 e. The highest BCUT2D eigenvalue weighted by Crippen LogP contribution is 2.38. The summed E-state index contributed by atoms with van der Waals surface area (Å²) in [6.45, 7) is 4.12. The highest BCUT2D eigenvalue weighted by Gasteiger charge is 2.36. The van der Waals surface area contributed by atoms with Crippen molar-refractivity contribution in [2.45, 2.75) is 32.5 Å². The van der Waals surface area contributed by atoms with Gasteiger partial charge in [-0.2, -0.15) is 13.2 Å². The van der Waals surface area contributed by atoms with Crippen LogP contribution in [0.3, 0.4) is 0 Å². The van der Waals surface area contributed by atoms with Gasteiger partial charge in [0.15, 0.2) is 5.17 Å². The summed E-state index contributed by atoms with van der Waals surface area (Å²) in [4.78, 5) is 14.2. The molecule has 0 aliphatic carbocycles. The molecular formula is C14H16F3N3O2S. The van der Waals surface area contributed by atoms with Crippen LogP contribution in [0.1, 0.15) is 25.8 Å². The number of non-ortho nitro benzene ring substituents is 1. The van der Waals surface area contributed by atoms with E-state index in [1.807, 2.05) is 0 Å². The second-order valence-corrected chi connectivity index (χ2v) is 6.65. The third-order valence-electron chi connectivity index (χ3n) is 3.22. The summed E-state index contributed by atoms with van der Waals surface area (Å²) in [5, 5.41) is 13.7. The lowest BCUT2D eigenvalue weighted by Crippen LogP contribution is -2.14. The minimum Gasteiger partial charge on any atom is -0.334 e. The van der Waals surface area contributed by atoms with Gasteiger partial charge in [0.25, 0.3) is 5.69 Å². The lowest BCUT2D eigenvalue weighted by molar-refractivity contribution is -0.385. The maximum absolute atomic E-state index is 13.1. The Balaban J connectivity index is 2.25. The quantitative estimate of drug-likeness (QED) is 0.641. The fraction of sp³-hybridized carbons (Fsp3) is 0.500. The van der Waals surface area contributed by atoms with Gasteiger partial charge in [0.1, 0.15) is 0 Å². The molecule has 0 aromatic heterocycles. The molecule has 0 saturated carbocycles. The van der Waals surface area contributed by atoms with Crippen LogP contribution in [0.15, 0.2) is 23.2 Å². The summed E-state index contributed by atoms with van der Waals surface area (Å²) >= 11 is 1.35. The first-order valence-electron chi connectivity index (χ1n) is 7.00. The van der Waals surface area contributed by atoms with Crippen molar-refractivity contribution >= 4 is 28.3 Å². The Bertz CT molecular complexity index is 632. The van der Waals surface area contributed by atoms with E-state index < -0.39 is 22.4 Å². The largest absolute Gasteiger partial charge is 0.418 e. The molecule has 1 unspecified atom stereocenters. The van der Waals surface area contributed by atoms with Gasteiger partial charge in [-0.05, 0) is 18.4 Å². The summed E-state index contributed by atoms with van der Waals surface area (Å²) in [5.41, 5.74) is -1.89. The molecule has 1 aliphatic rings. The number of hydrogen-bond acceptors (Lipinski definition) is 5. The van der Waals surface area contributed by atoms with E-state index >= 15 is 0 Å². The van der Waals surface area contributed by atoms with Gasteiger partial charge >= 0.3 is 6.18 Å². The van der Waals surface area contributed by atoms with Crippen molar-refractivity contribution in [2.75, 3.05) is 11.1 Å². The van der Waals surface area contributed by atoms with Crippen molar-refractivity contribution in [3.05, 3.63) is 33.9 Å². The lowest BCUT2D eigenvalue weighted by atomic mass is 10.1. The van der Waals surface area contributed by atoms with Gasteiger partial charge in [0.2, 0.25) is 0 Å². The highest BCUT2D eigenvalue weighted by atomic mass is 32.2. The Morgan fingerprint density at radius 2 is 2.17 bits per heavy atom. The number of hydrogen-bond donors (Lipinski definition) is 1. The molecule has 1 N–H and O–H groups in total. The number of aliphatic imine (C=N–C) groups is 1. The van der Waals surface area contributed by atoms with Crippen LogP contribution in [-0.4, -0.2) is 21.9 Å². The Morgan fingerprint density at radius 1 is 1.48 bits per heavy atom.